The van der Waals surface area contributed by atoms with Crippen molar-refractivity contribution in [2.45, 2.75) is 34.2 Å². The van der Waals surface area contributed by atoms with Gasteiger partial charge < -0.3 is 14.0 Å². The summed E-state index contributed by atoms with van der Waals surface area (Å²) in [5.41, 5.74) is 2.38. The van der Waals surface area contributed by atoms with Crippen molar-refractivity contribution in [3.63, 3.8) is 0 Å². The Morgan fingerprint density at radius 3 is 2.37 bits per heavy atom. The molecule has 0 aliphatic rings. The molecule has 1 aromatic heterocycles. The molecule has 0 bridgehead atoms. The molecule has 2 aromatic carbocycles. The van der Waals surface area contributed by atoms with Gasteiger partial charge >= 0.3 is 5.97 Å². The van der Waals surface area contributed by atoms with E-state index in [-0.39, 0.29) is 5.97 Å². The minimum Gasteiger partial charge on any atom is -0.497 e. The molecule has 0 saturated carbocycles. The number of carbonyl (C=O) groups is 1. The van der Waals surface area contributed by atoms with Crippen LogP contribution in [-0.2, 0) is 11.3 Å². The van der Waals surface area contributed by atoms with E-state index in [0.717, 1.165) is 27.8 Å². The Hall–Kier alpha value is -2.46. The minimum atomic E-state index is -0.592. The maximum Gasteiger partial charge on any atom is 0.317 e. The summed E-state index contributed by atoms with van der Waals surface area (Å²) in [5, 5.41) is 1.69. The summed E-state index contributed by atoms with van der Waals surface area (Å²) in [6, 6.07) is 13.5. The summed E-state index contributed by atoms with van der Waals surface area (Å²) >= 11 is 6.01. The van der Waals surface area contributed by atoms with Crippen molar-refractivity contribution in [2.24, 2.45) is 5.41 Å². The average Bonchev–Trinajstić information content (AvgIpc) is 2.88. The van der Waals surface area contributed by atoms with Crippen LogP contribution in [-0.4, -0.2) is 17.6 Å². The summed E-state index contributed by atoms with van der Waals surface area (Å²) in [6.07, 6.45) is 0. The molecule has 0 atom stereocenters. The van der Waals surface area contributed by atoms with Gasteiger partial charge in [0.25, 0.3) is 0 Å². The highest BCUT2D eigenvalue weighted by atomic mass is 35.5. The Morgan fingerprint density at radius 2 is 1.78 bits per heavy atom. The van der Waals surface area contributed by atoms with Gasteiger partial charge in [-0.3, -0.25) is 4.79 Å². The lowest BCUT2D eigenvalue weighted by molar-refractivity contribution is -0.143. The van der Waals surface area contributed by atoms with Crippen LogP contribution >= 0.6 is 11.6 Å². The van der Waals surface area contributed by atoms with E-state index in [0.29, 0.717) is 17.4 Å². The smallest absolute Gasteiger partial charge is 0.317 e. The number of aromatic nitrogens is 1. The Bertz CT molecular complexity index is 981. The third-order valence-electron chi connectivity index (χ3n) is 4.52. The van der Waals surface area contributed by atoms with E-state index in [1.807, 2.05) is 74.7 Å². The lowest BCUT2D eigenvalue weighted by atomic mass is 9.97. The van der Waals surface area contributed by atoms with E-state index in [9.17, 15) is 4.79 Å². The number of hydrogen-bond acceptors (Lipinski definition) is 3. The van der Waals surface area contributed by atoms with Gasteiger partial charge in [-0.2, -0.15) is 0 Å². The number of esters is 1. The van der Waals surface area contributed by atoms with Crippen molar-refractivity contribution in [2.75, 3.05) is 7.11 Å². The van der Waals surface area contributed by atoms with E-state index in [1.165, 1.54) is 0 Å². The second-order valence-corrected chi connectivity index (χ2v) is 8.10. The van der Waals surface area contributed by atoms with Crippen LogP contribution in [0.2, 0.25) is 5.02 Å². The number of rotatable bonds is 4. The fraction of sp³-hybridized carbons (Fsp3) is 0.318. The van der Waals surface area contributed by atoms with E-state index in [1.54, 1.807) is 7.11 Å². The topological polar surface area (TPSA) is 40.5 Å². The summed E-state index contributed by atoms with van der Waals surface area (Å²) < 4.78 is 13.2. The quantitative estimate of drug-likeness (QED) is 0.548. The van der Waals surface area contributed by atoms with Crippen LogP contribution in [0, 0.1) is 12.3 Å². The van der Waals surface area contributed by atoms with Gasteiger partial charge in [0, 0.05) is 16.0 Å². The van der Waals surface area contributed by atoms with Crippen molar-refractivity contribution in [3.8, 4) is 11.6 Å². The lowest BCUT2D eigenvalue weighted by Gasteiger charge is -2.18. The maximum absolute atomic E-state index is 12.6. The number of carbonyl (C=O) groups excluding carboxylic acids is 1. The van der Waals surface area contributed by atoms with Crippen LogP contribution in [0.1, 0.15) is 31.9 Å². The number of benzene rings is 2. The molecule has 4 nitrogen and oxygen atoms in total. The zero-order valence-corrected chi connectivity index (χ0v) is 17.1. The summed E-state index contributed by atoms with van der Waals surface area (Å²) in [6.45, 7) is 8.08. The summed E-state index contributed by atoms with van der Waals surface area (Å²) in [5.74, 6) is 1.06. The van der Waals surface area contributed by atoms with Gasteiger partial charge in [0.15, 0.2) is 0 Å². The standard InChI is InChI=1S/C22H24ClNO3/c1-14-18-12-17(26-5)10-11-19(18)24(13-15-6-8-16(23)9-7-15)20(14)27-21(25)22(2,3)4/h6-12H,13H2,1-5H3. The normalized spacial score (nSPS) is 11.6. The Balaban J connectivity index is 2.13. The third-order valence-corrected chi connectivity index (χ3v) is 4.77. The highest BCUT2D eigenvalue weighted by Crippen LogP contribution is 2.35. The molecule has 0 unspecified atom stereocenters. The number of nitrogens with zero attached hydrogens (tertiary/aromatic N) is 1. The van der Waals surface area contributed by atoms with E-state index in [2.05, 4.69) is 0 Å². The predicted octanol–water partition coefficient (Wildman–Crippen LogP) is 5.61. The monoisotopic (exact) mass is 385 g/mol. The third kappa shape index (κ3) is 3.96. The van der Waals surface area contributed by atoms with Gasteiger partial charge in [-0.15, -0.1) is 0 Å². The summed E-state index contributed by atoms with van der Waals surface area (Å²) in [4.78, 5) is 12.6. The van der Waals surface area contributed by atoms with Gasteiger partial charge in [-0.05, 0) is 63.6 Å². The highest BCUT2D eigenvalue weighted by Gasteiger charge is 2.27. The predicted molar refractivity (Wildman–Crippen MR) is 109 cm³/mol. The van der Waals surface area contributed by atoms with Crippen molar-refractivity contribution in [3.05, 3.63) is 58.6 Å². The second kappa shape index (κ2) is 7.28. The fourth-order valence-electron chi connectivity index (χ4n) is 2.91. The zero-order valence-electron chi connectivity index (χ0n) is 16.3. The zero-order chi connectivity index (χ0) is 19.8. The molecule has 0 fully saturated rings. The number of aryl methyl sites for hydroxylation is 1. The molecule has 1 heterocycles. The number of methoxy groups -OCH3 is 1. The molecule has 0 saturated heterocycles. The number of fused-ring (bicyclic) bond motifs is 1. The molecular weight excluding hydrogens is 362 g/mol. The van der Waals surface area contributed by atoms with Gasteiger partial charge in [-0.1, -0.05) is 23.7 Å². The molecule has 3 aromatic rings. The molecule has 0 radical (unpaired) electrons. The van der Waals surface area contributed by atoms with Gasteiger partial charge in [0.1, 0.15) is 5.75 Å². The number of ether oxygens (including phenoxy) is 2. The minimum absolute atomic E-state index is 0.266. The van der Waals surface area contributed by atoms with Crippen LogP contribution in [0.5, 0.6) is 11.6 Å². The van der Waals surface area contributed by atoms with Crippen LogP contribution in [0.4, 0.5) is 0 Å². The Kier molecular flexibility index (Phi) is 5.20. The fourth-order valence-corrected chi connectivity index (χ4v) is 3.03. The molecule has 0 aliphatic carbocycles. The van der Waals surface area contributed by atoms with E-state index < -0.39 is 5.41 Å². The van der Waals surface area contributed by atoms with Crippen LogP contribution in [0.25, 0.3) is 10.9 Å². The van der Waals surface area contributed by atoms with Gasteiger partial charge in [-0.25, -0.2) is 0 Å². The maximum atomic E-state index is 12.6. The second-order valence-electron chi connectivity index (χ2n) is 7.67. The molecule has 27 heavy (non-hydrogen) atoms. The molecule has 0 spiro atoms. The highest BCUT2D eigenvalue weighted by molar-refractivity contribution is 6.30. The van der Waals surface area contributed by atoms with Gasteiger partial charge in [0.05, 0.1) is 24.6 Å². The average molecular weight is 386 g/mol. The molecule has 0 aliphatic heterocycles. The van der Waals surface area contributed by atoms with Gasteiger partial charge in [0.2, 0.25) is 5.88 Å². The van der Waals surface area contributed by atoms with Crippen molar-refractivity contribution < 1.29 is 14.3 Å². The van der Waals surface area contributed by atoms with Crippen molar-refractivity contribution >= 4 is 28.5 Å². The first-order chi connectivity index (χ1) is 12.7. The first-order valence-electron chi connectivity index (χ1n) is 8.84. The molecular formula is C22H24ClNO3. The van der Waals surface area contributed by atoms with Crippen molar-refractivity contribution in [1.82, 2.24) is 4.57 Å². The molecule has 5 heteroatoms. The Morgan fingerprint density at radius 1 is 1.11 bits per heavy atom. The van der Waals surface area contributed by atoms with Crippen LogP contribution in [0.15, 0.2) is 42.5 Å². The number of hydrogen-bond donors (Lipinski definition) is 0. The number of halogens is 1. The van der Waals surface area contributed by atoms with Crippen LogP contribution < -0.4 is 9.47 Å². The van der Waals surface area contributed by atoms with E-state index in [4.69, 9.17) is 21.1 Å². The largest absolute Gasteiger partial charge is 0.497 e. The van der Waals surface area contributed by atoms with Crippen LogP contribution in [0.3, 0.4) is 0 Å². The lowest BCUT2D eigenvalue weighted by Crippen LogP contribution is -2.26. The molecule has 0 N–H and O–H groups in total. The SMILES string of the molecule is COc1ccc2c(c1)c(C)c(OC(=O)C(C)(C)C)n2Cc1ccc(Cl)cc1. The van der Waals surface area contributed by atoms with Crippen molar-refractivity contribution in [1.29, 1.82) is 0 Å². The first-order valence-corrected chi connectivity index (χ1v) is 9.22. The molecule has 0 amide bonds. The molecule has 142 valence electrons. The van der Waals surface area contributed by atoms with E-state index >= 15 is 0 Å². The first kappa shape index (κ1) is 19.3. The summed E-state index contributed by atoms with van der Waals surface area (Å²) in [7, 11) is 1.64. The molecule has 3 rings (SSSR count). The Labute approximate surface area is 164 Å².